The van der Waals surface area contributed by atoms with Gasteiger partial charge in [-0.2, -0.15) is 0 Å². The van der Waals surface area contributed by atoms with Crippen LogP contribution in [0.25, 0.3) is 0 Å². The van der Waals surface area contributed by atoms with Gasteiger partial charge in [-0.1, -0.05) is 285 Å². The second-order valence-corrected chi connectivity index (χ2v) is 27.2. The van der Waals surface area contributed by atoms with Crippen LogP contribution in [0.15, 0.2) is 0 Å². The van der Waals surface area contributed by atoms with E-state index in [1.165, 1.54) is 148 Å². The Bertz CT molecular complexity index is 1650. The van der Waals surface area contributed by atoms with Crippen LogP contribution in [-0.4, -0.2) is 96.7 Å². The van der Waals surface area contributed by atoms with E-state index in [0.717, 1.165) is 109 Å². The summed E-state index contributed by atoms with van der Waals surface area (Å²) in [4.78, 5) is 72.2. The van der Waals surface area contributed by atoms with E-state index < -0.39 is 97.5 Å². The van der Waals surface area contributed by atoms with Crippen LogP contribution in [-0.2, 0) is 65.4 Å². The van der Waals surface area contributed by atoms with Crippen LogP contribution in [0.3, 0.4) is 0 Å². The first-order valence-electron chi connectivity index (χ1n) is 34.6. The molecular formula is C66H128O17P2. The lowest BCUT2D eigenvalue weighted by molar-refractivity contribution is -0.161. The predicted octanol–water partition coefficient (Wildman–Crippen LogP) is 18.6. The smallest absolute Gasteiger partial charge is 0.462 e. The number of aliphatic hydroxyl groups excluding tert-OH is 1. The van der Waals surface area contributed by atoms with E-state index in [1.54, 1.807) is 0 Å². The zero-order valence-electron chi connectivity index (χ0n) is 54.7. The van der Waals surface area contributed by atoms with E-state index in [-0.39, 0.29) is 25.7 Å². The van der Waals surface area contributed by atoms with Crippen molar-refractivity contribution in [2.24, 2.45) is 5.92 Å². The minimum atomic E-state index is -4.95. The molecule has 0 bridgehead atoms. The molecule has 0 spiro atoms. The van der Waals surface area contributed by atoms with Crippen LogP contribution in [0.5, 0.6) is 0 Å². The maximum atomic E-state index is 13.0. The van der Waals surface area contributed by atoms with Gasteiger partial charge in [-0.05, 0) is 31.6 Å². The molecule has 0 fully saturated rings. The third-order valence-electron chi connectivity index (χ3n) is 15.3. The number of unbranched alkanes of at least 4 members (excludes halogenated alkanes) is 38. The normalized spacial score (nSPS) is 14.2. The molecule has 0 saturated carbocycles. The lowest BCUT2D eigenvalue weighted by atomic mass is 10.0. The van der Waals surface area contributed by atoms with Gasteiger partial charge in [0, 0.05) is 25.7 Å². The first-order valence-corrected chi connectivity index (χ1v) is 37.6. The number of rotatable bonds is 66. The molecule has 0 radical (unpaired) electrons. The molecule has 19 heteroatoms. The van der Waals surface area contributed by atoms with Crippen molar-refractivity contribution in [2.45, 2.75) is 355 Å². The lowest BCUT2D eigenvalue weighted by Crippen LogP contribution is -2.30. The summed E-state index contributed by atoms with van der Waals surface area (Å²) in [5.41, 5.74) is 0. The van der Waals surface area contributed by atoms with Gasteiger partial charge in [0.05, 0.1) is 26.4 Å². The van der Waals surface area contributed by atoms with Gasteiger partial charge in [0.1, 0.15) is 19.3 Å². The first kappa shape index (κ1) is 83.1. The zero-order valence-corrected chi connectivity index (χ0v) is 56.5. The summed E-state index contributed by atoms with van der Waals surface area (Å²) in [5, 5.41) is 10.5. The number of carbonyl (C=O) groups is 4. The Balaban J connectivity index is 5.21. The molecule has 0 aromatic heterocycles. The molecule has 3 N–H and O–H groups in total. The Morgan fingerprint density at radius 2 is 0.541 bits per heavy atom. The maximum Gasteiger partial charge on any atom is 0.472 e. The third kappa shape index (κ3) is 60.7. The average molecular weight is 1260 g/mol. The van der Waals surface area contributed by atoms with Crippen molar-refractivity contribution in [1.82, 2.24) is 0 Å². The van der Waals surface area contributed by atoms with Gasteiger partial charge in [0.2, 0.25) is 0 Å². The zero-order chi connectivity index (χ0) is 62.8. The molecule has 0 heterocycles. The van der Waals surface area contributed by atoms with E-state index >= 15 is 0 Å². The van der Waals surface area contributed by atoms with Crippen molar-refractivity contribution in [2.75, 3.05) is 39.6 Å². The molecule has 2 unspecified atom stereocenters. The Labute approximate surface area is 517 Å². The molecule has 5 atom stereocenters. The van der Waals surface area contributed by atoms with Gasteiger partial charge in [-0.3, -0.25) is 37.3 Å². The highest BCUT2D eigenvalue weighted by Gasteiger charge is 2.30. The van der Waals surface area contributed by atoms with E-state index in [0.29, 0.717) is 25.7 Å². The van der Waals surface area contributed by atoms with Crippen LogP contribution < -0.4 is 0 Å². The second-order valence-electron chi connectivity index (χ2n) is 24.3. The maximum absolute atomic E-state index is 13.0. The molecule has 0 aliphatic rings. The van der Waals surface area contributed by atoms with E-state index in [4.69, 9.17) is 37.0 Å². The number of esters is 4. The van der Waals surface area contributed by atoms with E-state index in [1.807, 2.05) is 0 Å². The SMILES string of the molecule is CCCCCCCCCCCCCCCCC(=O)O[C@H](COC(=O)CCCCCCCCCCCC(C)C)COP(=O)(O)OC[C@@H](O)COP(=O)(O)OC[C@@H](COC(=O)CCCCCCCCC)OC(=O)CCCCCCCCCCCCCC. The molecular weight excluding hydrogens is 1130 g/mol. The molecule has 0 aliphatic heterocycles. The van der Waals surface area contributed by atoms with Crippen LogP contribution in [0, 0.1) is 5.92 Å². The third-order valence-corrected chi connectivity index (χ3v) is 17.2. The van der Waals surface area contributed by atoms with Gasteiger partial charge in [0.25, 0.3) is 0 Å². The summed E-state index contributed by atoms with van der Waals surface area (Å²) in [6.07, 6.45) is 44.4. The summed E-state index contributed by atoms with van der Waals surface area (Å²) in [6, 6.07) is 0. The number of carbonyl (C=O) groups excluding carboxylic acids is 4. The van der Waals surface area contributed by atoms with Crippen molar-refractivity contribution < 1.29 is 80.2 Å². The Hall–Kier alpha value is -1.94. The fraction of sp³-hybridized carbons (Fsp3) is 0.939. The van der Waals surface area contributed by atoms with E-state index in [2.05, 4.69) is 34.6 Å². The average Bonchev–Trinajstić information content (AvgIpc) is 3.53. The highest BCUT2D eigenvalue weighted by atomic mass is 31.2. The second kappa shape index (κ2) is 59.7. The molecule has 504 valence electrons. The van der Waals surface area contributed by atoms with Gasteiger partial charge in [-0.25, -0.2) is 9.13 Å². The van der Waals surface area contributed by atoms with Gasteiger partial charge < -0.3 is 33.8 Å². The highest BCUT2D eigenvalue weighted by molar-refractivity contribution is 7.47. The van der Waals surface area contributed by atoms with Crippen molar-refractivity contribution >= 4 is 39.5 Å². The fourth-order valence-corrected chi connectivity index (χ4v) is 11.5. The Morgan fingerprint density at radius 1 is 0.318 bits per heavy atom. The lowest BCUT2D eigenvalue weighted by Gasteiger charge is -2.21. The number of hydrogen-bond donors (Lipinski definition) is 3. The molecule has 0 aromatic carbocycles. The Morgan fingerprint density at radius 3 is 0.800 bits per heavy atom. The van der Waals surface area contributed by atoms with Crippen LogP contribution in [0.4, 0.5) is 0 Å². The van der Waals surface area contributed by atoms with Crippen molar-refractivity contribution in [3.05, 3.63) is 0 Å². The van der Waals surface area contributed by atoms with Crippen molar-refractivity contribution in [1.29, 1.82) is 0 Å². The molecule has 0 amide bonds. The largest absolute Gasteiger partial charge is 0.472 e. The van der Waals surface area contributed by atoms with Crippen LogP contribution >= 0.6 is 15.6 Å². The molecule has 0 aromatic rings. The first-order chi connectivity index (χ1) is 41.0. The Kier molecular flexibility index (Phi) is 58.3. The predicted molar refractivity (Wildman–Crippen MR) is 340 cm³/mol. The molecule has 0 aliphatic carbocycles. The summed E-state index contributed by atoms with van der Waals surface area (Å²) in [5.74, 6) is -1.39. The van der Waals surface area contributed by atoms with Crippen molar-refractivity contribution in [3.63, 3.8) is 0 Å². The van der Waals surface area contributed by atoms with Crippen molar-refractivity contribution in [3.8, 4) is 0 Å². The number of hydrogen-bond acceptors (Lipinski definition) is 15. The van der Waals surface area contributed by atoms with Gasteiger partial charge in [0.15, 0.2) is 12.2 Å². The summed E-state index contributed by atoms with van der Waals surface area (Å²) in [6.45, 7) is 7.16. The summed E-state index contributed by atoms with van der Waals surface area (Å²) >= 11 is 0. The minimum Gasteiger partial charge on any atom is -0.462 e. The van der Waals surface area contributed by atoms with Gasteiger partial charge in [-0.15, -0.1) is 0 Å². The highest BCUT2D eigenvalue weighted by Crippen LogP contribution is 2.45. The molecule has 0 rings (SSSR count). The molecule has 0 saturated heterocycles. The van der Waals surface area contributed by atoms with E-state index in [9.17, 15) is 43.2 Å². The standard InChI is InChI=1S/C66H128O17P2/c1-6-9-12-15-18-20-22-24-25-27-31-37-42-47-52-66(71)83-62(56-77-64(69)50-45-40-35-32-28-29-34-38-43-48-59(4)5)58-81-85(74,75)79-54-60(67)53-78-84(72,73)80-57-61(55-76-63(68)49-44-39-33-17-14-11-8-3)82-65(70)51-46-41-36-30-26-23-21-19-16-13-10-7-2/h59-62,67H,6-58H2,1-5H3,(H,72,73)(H,74,75)/t60-,61+,62+/m0/s1. The van der Waals surface area contributed by atoms with Crippen LogP contribution in [0.2, 0.25) is 0 Å². The monoisotopic (exact) mass is 1250 g/mol. The fourth-order valence-electron chi connectivity index (χ4n) is 9.94. The quantitative estimate of drug-likeness (QED) is 0.0222. The van der Waals surface area contributed by atoms with Crippen LogP contribution in [0.1, 0.15) is 336 Å². The summed E-state index contributed by atoms with van der Waals surface area (Å²) < 4.78 is 68.0. The summed E-state index contributed by atoms with van der Waals surface area (Å²) in [7, 11) is -9.89. The molecule has 85 heavy (non-hydrogen) atoms. The van der Waals surface area contributed by atoms with Gasteiger partial charge >= 0.3 is 39.5 Å². The minimum absolute atomic E-state index is 0.107. The topological polar surface area (TPSA) is 237 Å². The number of ether oxygens (including phenoxy) is 4. The molecule has 17 nitrogen and oxygen atoms in total. The number of phosphoric acid groups is 2. The number of phosphoric ester groups is 2. The number of aliphatic hydroxyl groups is 1.